The number of hydrogen-bond acceptors (Lipinski definition) is 2. The van der Waals surface area contributed by atoms with Gasteiger partial charge < -0.3 is 10.6 Å². The lowest BCUT2D eigenvalue weighted by atomic mass is 10.0. The Morgan fingerprint density at radius 2 is 2.17 bits per heavy atom. The van der Waals surface area contributed by atoms with Crippen LogP contribution in [0.2, 0.25) is 0 Å². The van der Waals surface area contributed by atoms with E-state index in [1.54, 1.807) is 0 Å². The number of carbonyl (C=O) groups is 1. The lowest BCUT2D eigenvalue weighted by Gasteiger charge is -2.15. The highest BCUT2D eigenvalue weighted by molar-refractivity contribution is 5.85. The van der Waals surface area contributed by atoms with Crippen LogP contribution in [0.5, 0.6) is 0 Å². The van der Waals surface area contributed by atoms with Crippen LogP contribution in [-0.2, 0) is 4.79 Å². The summed E-state index contributed by atoms with van der Waals surface area (Å²) in [6, 6.07) is 10.3. The van der Waals surface area contributed by atoms with E-state index in [1.165, 1.54) is 5.56 Å². The fourth-order valence-corrected chi connectivity index (χ4v) is 2.18. The molecule has 1 aromatic rings. The summed E-state index contributed by atoms with van der Waals surface area (Å²) < 4.78 is 0. The summed E-state index contributed by atoms with van der Waals surface area (Å²) in [6.07, 6.45) is 2.07. The Balaban J connectivity index is 0.00000162. The molecule has 1 aliphatic heterocycles. The largest absolute Gasteiger partial charge is 0.354 e. The van der Waals surface area contributed by atoms with E-state index in [-0.39, 0.29) is 24.4 Å². The van der Waals surface area contributed by atoms with Crippen molar-refractivity contribution in [1.82, 2.24) is 10.6 Å². The van der Waals surface area contributed by atoms with Crippen molar-refractivity contribution in [2.45, 2.75) is 31.7 Å². The number of halogens is 1. The van der Waals surface area contributed by atoms with E-state index in [0.717, 1.165) is 19.4 Å². The van der Waals surface area contributed by atoms with E-state index in [0.29, 0.717) is 12.5 Å². The molecule has 4 heteroatoms. The lowest BCUT2D eigenvalue weighted by molar-refractivity contribution is -0.122. The molecule has 1 amide bonds. The quantitative estimate of drug-likeness (QED) is 0.878. The van der Waals surface area contributed by atoms with Crippen LogP contribution in [0, 0.1) is 0 Å². The molecule has 0 bridgehead atoms. The van der Waals surface area contributed by atoms with Gasteiger partial charge in [0.05, 0.1) is 6.04 Å². The molecule has 18 heavy (non-hydrogen) atoms. The fraction of sp³-hybridized carbons (Fsp3) is 0.500. The van der Waals surface area contributed by atoms with Crippen molar-refractivity contribution in [2.75, 3.05) is 13.1 Å². The summed E-state index contributed by atoms with van der Waals surface area (Å²) >= 11 is 0. The maximum Gasteiger partial charge on any atom is 0.237 e. The SMILES string of the molecule is CC(CNC(=O)[C@@H]1CCCN1)c1ccccc1.Cl. The first kappa shape index (κ1) is 15.0. The Bertz CT molecular complexity index is 363. The lowest BCUT2D eigenvalue weighted by Crippen LogP contribution is -2.41. The predicted molar refractivity (Wildman–Crippen MR) is 76.1 cm³/mol. The third kappa shape index (κ3) is 4.00. The molecule has 0 radical (unpaired) electrons. The van der Waals surface area contributed by atoms with E-state index in [9.17, 15) is 4.79 Å². The second kappa shape index (κ2) is 7.39. The average Bonchev–Trinajstić information content (AvgIpc) is 2.90. The second-order valence-corrected chi connectivity index (χ2v) is 4.71. The zero-order chi connectivity index (χ0) is 12.1. The molecule has 3 nitrogen and oxygen atoms in total. The molecule has 0 saturated carbocycles. The van der Waals surface area contributed by atoms with E-state index < -0.39 is 0 Å². The second-order valence-electron chi connectivity index (χ2n) is 4.71. The number of benzene rings is 1. The highest BCUT2D eigenvalue weighted by Gasteiger charge is 2.21. The van der Waals surface area contributed by atoms with Crippen molar-refractivity contribution in [3.05, 3.63) is 35.9 Å². The summed E-state index contributed by atoms with van der Waals surface area (Å²) in [5.41, 5.74) is 1.27. The normalized spacial score (nSPS) is 19.9. The van der Waals surface area contributed by atoms with Crippen LogP contribution >= 0.6 is 12.4 Å². The number of hydrogen-bond donors (Lipinski definition) is 2. The topological polar surface area (TPSA) is 41.1 Å². The maximum atomic E-state index is 11.8. The van der Waals surface area contributed by atoms with Crippen LogP contribution in [0.15, 0.2) is 30.3 Å². The van der Waals surface area contributed by atoms with Crippen molar-refractivity contribution in [3.63, 3.8) is 0 Å². The minimum Gasteiger partial charge on any atom is -0.354 e. The van der Waals surface area contributed by atoms with Gasteiger partial charge in [-0.05, 0) is 30.9 Å². The summed E-state index contributed by atoms with van der Waals surface area (Å²) in [4.78, 5) is 11.8. The third-order valence-electron chi connectivity index (χ3n) is 3.33. The first-order valence-electron chi connectivity index (χ1n) is 6.33. The number of carbonyl (C=O) groups excluding carboxylic acids is 1. The van der Waals surface area contributed by atoms with E-state index in [4.69, 9.17) is 0 Å². The Hall–Kier alpha value is -1.06. The Labute approximate surface area is 115 Å². The first-order chi connectivity index (χ1) is 8.27. The molecule has 2 N–H and O–H groups in total. The smallest absolute Gasteiger partial charge is 0.237 e. The molecule has 1 saturated heterocycles. The number of amides is 1. The van der Waals surface area contributed by atoms with Crippen LogP contribution < -0.4 is 10.6 Å². The van der Waals surface area contributed by atoms with Crippen LogP contribution in [0.4, 0.5) is 0 Å². The molecular formula is C14H21ClN2O. The molecule has 1 unspecified atom stereocenters. The van der Waals surface area contributed by atoms with Crippen molar-refractivity contribution >= 4 is 18.3 Å². The van der Waals surface area contributed by atoms with Crippen LogP contribution in [0.25, 0.3) is 0 Å². The molecule has 1 aromatic carbocycles. The maximum absolute atomic E-state index is 11.8. The molecule has 2 rings (SSSR count). The van der Waals surface area contributed by atoms with Crippen LogP contribution in [-0.4, -0.2) is 25.0 Å². The van der Waals surface area contributed by atoms with Crippen molar-refractivity contribution in [3.8, 4) is 0 Å². The van der Waals surface area contributed by atoms with E-state index >= 15 is 0 Å². The van der Waals surface area contributed by atoms with Gasteiger partial charge in [0.2, 0.25) is 5.91 Å². The van der Waals surface area contributed by atoms with Gasteiger partial charge in [0.15, 0.2) is 0 Å². The Morgan fingerprint density at radius 3 is 2.78 bits per heavy atom. The third-order valence-corrected chi connectivity index (χ3v) is 3.33. The number of rotatable bonds is 4. The molecular weight excluding hydrogens is 248 g/mol. The van der Waals surface area contributed by atoms with Gasteiger partial charge in [-0.2, -0.15) is 0 Å². The highest BCUT2D eigenvalue weighted by Crippen LogP contribution is 2.13. The van der Waals surface area contributed by atoms with Gasteiger partial charge >= 0.3 is 0 Å². The molecule has 0 spiro atoms. The molecule has 1 heterocycles. The molecule has 100 valence electrons. The summed E-state index contributed by atoms with van der Waals surface area (Å²) in [6.45, 7) is 3.81. The minimum absolute atomic E-state index is 0. The van der Waals surface area contributed by atoms with Gasteiger partial charge in [-0.1, -0.05) is 37.3 Å². The summed E-state index contributed by atoms with van der Waals surface area (Å²) in [5.74, 6) is 0.506. The van der Waals surface area contributed by atoms with Gasteiger partial charge in [-0.25, -0.2) is 0 Å². The Morgan fingerprint density at radius 1 is 1.44 bits per heavy atom. The van der Waals surface area contributed by atoms with E-state index in [1.807, 2.05) is 18.2 Å². The van der Waals surface area contributed by atoms with Gasteiger partial charge in [-0.15, -0.1) is 12.4 Å². The van der Waals surface area contributed by atoms with E-state index in [2.05, 4.69) is 29.7 Å². The zero-order valence-electron chi connectivity index (χ0n) is 10.7. The minimum atomic E-state index is 0. The predicted octanol–water partition coefficient (Wildman–Crippen LogP) is 2.08. The molecule has 2 atom stereocenters. The van der Waals surface area contributed by atoms with Gasteiger partial charge in [0, 0.05) is 6.54 Å². The van der Waals surface area contributed by atoms with Crippen molar-refractivity contribution in [2.24, 2.45) is 0 Å². The van der Waals surface area contributed by atoms with Crippen molar-refractivity contribution in [1.29, 1.82) is 0 Å². The first-order valence-corrected chi connectivity index (χ1v) is 6.33. The Kier molecular flexibility index (Phi) is 6.16. The van der Waals surface area contributed by atoms with Crippen molar-refractivity contribution < 1.29 is 4.79 Å². The molecule has 1 aliphatic rings. The van der Waals surface area contributed by atoms with Gasteiger partial charge in [0.1, 0.15) is 0 Å². The average molecular weight is 269 g/mol. The summed E-state index contributed by atoms with van der Waals surface area (Å²) in [7, 11) is 0. The standard InChI is InChI=1S/C14H20N2O.ClH/c1-11(12-6-3-2-4-7-12)10-16-14(17)13-8-5-9-15-13;/h2-4,6-7,11,13,15H,5,8-10H2,1H3,(H,16,17);1H/t11?,13-;/m0./s1. The zero-order valence-corrected chi connectivity index (χ0v) is 11.5. The van der Waals surface area contributed by atoms with Crippen LogP contribution in [0.3, 0.4) is 0 Å². The molecule has 0 aromatic heterocycles. The summed E-state index contributed by atoms with van der Waals surface area (Å²) in [5, 5.41) is 6.23. The monoisotopic (exact) mass is 268 g/mol. The molecule has 1 fully saturated rings. The van der Waals surface area contributed by atoms with Crippen LogP contribution in [0.1, 0.15) is 31.2 Å². The highest BCUT2D eigenvalue weighted by atomic mass is 35.5. The number of nitrogens with one attached hydrogen (secondary N) is 2. The fourth-order valence-electron chi connectivity index (χ4n) is 2.18. The van der Waals surface area contributed by atoms with Gasteiger partial charge in [-0.3, -0.25) is 4.79 Å². The van der Waals surface area contributed by atoms with Gasteiger partial charge in [0.25, 0.3) is 0 Å². The molecule has 0 aliphatic carbocycles.